The lowest BCUT2D eigenvalue weighted by Crippen LogP contribution is -2.33. The Labute approximate surface area is 89.5 Å². The van der Waals surface area contributed by atoms with Crippen molar-refractivity contribution in [2.45, 2.75) is 19.4 Å². The maximum Gasteiger partial charge on any atom is 0.102 e. The van der Waals surface area contributed by atoms with Crippen LogP contribution in [0.2, 0.25) is 0 Å². The lowest BCUT2D eigenvalue weighted by molar-refractivity contribution is 0.0229. The van der Waals surface area contributed by atoms with Crippen molar-refractivity contribution in [2.24, 2.45) is 5.92 Å². The van der Waals surface area contributed by atoms with E-state index in [1.165, 1.54) is 5.56 Å². The van der Waals surface area contributed by atoms with E-state index in [1.807, 2.05) is 23.9 Å². The summed E-state index contributed by atoms with van der Waals surface area (Å²) < 4.78 is 0. The number of thioether (sulfide) groups is 1. The Morgan fingerprint density at radius 2 is 2.14 bits per heavy atom. The molecule has 0 spiro atoms. The highest BCUT2D eigenvalue weighted by molar-refractivity contribution is 7.99. The van der Waals surface area contributed by atoms with Gasteiger partial charge < -0.3 is 5.11 Å². The summed E-state index contributed by atoms with van der Waals surface area (Å²) in [6.07, 6.45) is 0. The summed E-state index contributed by atoms with van der Waals surface area (Å²) in [6, 6.07) is 8.16. The van der Waals surface area contributed by atoms with Gasteiger partial charge in [-0.05, 0) is 29.7 Å². The molecule has 1 nitrogen and oxygen atoms in total. The minimum absolute atomic E-state index is 0.355. The largest absolute Gasteiger partial charge is 0.384 e. The number of rotatable bonds is 1. The molecule has 1 saturated heterocycles. The third-order valence-corrected chi connectivity index (χ3v) is 4.50. The van der Waals surface area contributed by atoms with Gasteiger partial charge >= 0.3 is 0 Å². The molecule has 76 valence electrons. The topological polar surface area (TPSA) is 20.2 Å². The van der Waals surface area contributed by atoms with Crippen molar-refractivity contribution in [3.05, 3.63) is 35.4 Å². The van der Waals surface area contributed by atoms with Gasteiger partial charge in [-0.3, -0.25) is 0 Å². The lowest BCUT2D eigenvalue weighted by atomic mass is 9.83. The molecule has 0 aliphatic carbocycles. The molecular weight excluding hydrogens is 192 g/mol. The van der Waals surface area contributed by atoms with Crippen LogP contribution in [0.4, 0.5) is 0 Å². The fraction of sp³-hybridized carbons (Fsp3) is 0.500. The SMILES string of the molecule is Cc1ccccc1[C@@]1(O)CSC[C@@H]1C. The zero-order chi connectivity index (χ0) is 10.2. The Kier molecular flexibility index (Phi) is 2.58. The standard InChI is InChI=1S/C12H16OS/c1-9-5-3-4-6-11(9)12(13)8-14-7-10(12)2/h3-6,10,13H,7-8H2,1-2H3/t10-,12+/m0/s1. The van der Waals surface area contributed by atoms with Crippen molar-refractivity contribution in [3.63, 3.8) is 0 Å². The van der Waals surface area contributed by atoms with E-state index < -0.39 is 5.60 Å². The average Bonchev–Trinajstić information content (AvgIpc) is 2.49. The van der Waals surface area contributed by atoms with Crippen LogP contribution >= 0.6 is 11.8 Å². The second-order valence-corrected chi connectivity index (χ2v) is 5.19. The van der Waals surface area contributed by atoms with Gasteiger partial charge in [-0.2, -0.15) is 11.8 Å². The molecule has 2 rings (SSSR count). The highest BCUT2D eigenvalue weighted by Gasteiger charge is 2.40. The van der Waals surface area contributed by atoms with Crippen molar-refractivity contribution in [1.29, 1.82) is 0 Å². The highest BCUT2D eigenvalue weighted by Crippen LogP contribution is 2.42. The van der Waals surface area contributed by atoms with Gasteiger partial charge in [0.25, 0.3) is 0 Å². The van der Waals surface area contributed by atoms with E-state index in [0.717, 1.165) is 17.1 Å². The maximum absolute atomic E-state index is 10.6. The van der Waals surface area contributed by atoms with Crippen LogP contribution in [0, 0.1) is 12.8 Å². The van der Waals surface area contributed by atoms with Gasteiger partial charge in [-0.25, -0.2) is 0 Å². The number of hydrogen-bond acceptors (Lipinski definition) is 2. The first-order chi connectivity index (χ1) is 6.64. The second-order valence-electron chi connectivity index (χ2n) is 4.16. The van der Waals surface area contributed by atoms with E-state index >= 15 is 0 Å². The smallest absolute Gasteiger partial charge is 0.102 e. The van der Waals surface area contributed by atoms with E-state index in [4.69, 9.17) is 0 Å². The first-order valence-corrected chi connectivity index (χ1v) is 6.16. The van der Waals surface area contributed by atoms with Gasteiger partial charge in [-0.1, -0.05) is 31.2 Å². The molecule has 14 heavy (non-hydrogen) atoms. The van der Waals surface area contributed by atoms with Crippen molar-refractivity contribution in [2.75, 3.05) is 11.5 Å². The summed E-state index contributed by atoms with van der Waals surface area (Å²) in [6.45, 7) is 4.20. The van der Waals surface area contributed by atoms with Crippen LogP contribution in [0.25, 0.3) is 0 Å². The van der Waals surface area contributed by atoms with Crippen LogP contribution in [0.5, 0.6) is 0 Å². The molecular formula is C12H16OS. The molecule has 1 heterocycles. The minimum Gasteiger partial charge on any atom is -0.384 e. The van der Waals surface area contributed by atoms with Gasteiger partial charge in [0.1, 0.15) is 5.60 Å². The molecule has 1 aromatic rings. The summed E-state index contributed by atoms with van der Waals surface area (Å²) in [5, 5.41) is 10.6. The van der Waals surface area contributed by atoms with Crippen LogP contribution < -0.4 is 0 Å². The summed E-state index contributed by atoms with van der Waals surface area (Å²) in [5.41, 5.74) is 1.71. The third-order valence-electron chi connectivity index (χ3n) is 3.12. The number of hydrogen-bond donors (Lipinski definition) is 1. The normalized spacial score (nSPS) is 32.1. The van der Waals surface area contributed by atoms with Crippen molar-refractivity contribution >= 4 is 11.8 Å². The quantitative estimate of drug-likeness (QED) is 0.765. The van der Waals surface area contributed by atoms with Gasteiger partial charge in [0.15, 0.2) is 0 Å². The van der Waals surface area contributed by atoms with Crippen molar-refractivity contribution in [3.8, 4) is 0 Å². The molecule has 2 atom stereocenters. The van der Waals surface area contributed by atoms with E-state index in [-0.39, 0.29) is 0 Å². The fourth-order valence-electron chi connectivity index (χ4n) is 2.07. The van der Waals surface area contributed by atoms with Crippen LogP contribution in [-0.4, -0.2) is 16.6 Å². The number of benzene rings is 1. The summed E-state index contributed by atoms with van der Waals surface area (Å²) in [4.78, 5) is 0. The Morgan fingerprint density at radius 1 is 1.43 bits per heavy atom. The zero-order valence-corrected chi connectivity index (χ0v) is 9.47. The molecule has 0 saturated carbocycles. The van der Waals surface area contributed by atoms with Gasteiger partial charge in [-0.15, -0.1) is 0 Å². The molecule has 1 aliphatic rings. The van der Waals surface area contributed by atoms with E-state index in [2.05, 4.69) is 26.0 Å². The first-order valence-electron chi connectivity index (χ1n) is 5.01. The predicted molar refractivity (Wildman–Crippen MR) is 61.6 cm³/mol. The highest BCUT2D eigenvalue weighted by atomic mass is 32.2. The number of aliphatic hydroxyl groups is 1. The summed E-state index contributed by atoms with van der Waals surface area (Å²) >= 11 is 1.84. The van der Waals surface area contributed by atoms with Crippen LogP contribution in [0.15, 0.2) is 24.3 Å². The molecule has 1 aromatic carbocycles. The molecule has 1 fully saturated rings. The minimum atomic E-state index is -0.601. The van der Waals surface area contributed by atoms with Gasteiger partial charge in [0.05, 0.1) is 0 Å². The molecule has 0 unspecified atom stereocenters. The number of aryl methyl sites for hydroxylation is 1. The van der Waals surface area contributed by atoms with E-state index in [9.17, 15) is 5.11 Å². The van der Waals surface area contributed by atoms with Crippen LogP contribution in [0.1, 0.15) is 18.1 Å². The van der Waals surface area contributed by atoms with Gasteiger partial charge in [0.2, 0.25) is 0 Å². The lowest BCUT2D eigenvalue weighted by Gasteiger charge is -2.28. The van der Waals surface area contributed by atoms with E-state index in [1.54, 1.807) is 0 Å². The molecule has 0 amide bonds. The van der Waals surface area contributed by atoms with E-state index in [0.29, 0.717) is 5.92 Å². The Balaban J connectivity index is 2.43. The molecule has 0 bridgehead atoms. The predicted octanol–water partition coefficient (Wildman–Crippen LogP) is 2.57. The molecule has 0 radical (unpaired) electrons. The van der Waals surface area contributed by atoms with Crippen LogP contribution in [-0.2, 0) is 5.60 Å². The molecule has 1 N–H and O–H groups in total. The molecule has 1 aliphatic heterocycles. The maximum atomic E-state index is 10.6. The Morgan fingerprint density at radius 3 is 2.71 bits per heavy atom. The average molecular weight is 208 g/mol. The fourth-order valence-corrected chi connectivity index (χ4v) is 3.57. The second kappa shape index (κ2) is 3.59. The summed E-state index contributed by atoms with van der Waals surface area (Å²) in [5.74, 6) is 2.25. The Bertz CT molecular complexity index is 337. The molecule has 0 aromatic heterocycles. The Hall–Kier alpha value is -0.470. The summed E-state index contributed by atoms with van der Waals surface area (Å²) in [7, 11) is 0. The third kappa shape index (κ3) is 1.47. The van der Waals surface area contributed by atoms with Gasteiger partial charge in [0, 0.05) is 5.75 Å². The first kappa shape index (κ1) is 10.1. The van der Waals surface area contributed by atoms with Crippen LogP contribution in [0.3, 0.4) is 0 Å². The van der Waals surface area contributed by atoms with Crippen molar-refractivity contribution in [1.82, 2.24) is 0 Å². The van der Waals surface area contributed by atoms with Crippen molar-refractivity contribution < 1.29 is 5.11 Å². The molecule has 2 heteroatoms. The zero-order valence-electron chi connectivity index (χ0n) is 8.66. The monoisotopic (exact) mass is 208 g/mol.